The molecule has 2 saturated carbocycles. The summed E-state index contributed by atoms with van der Waals surface area (Å²) in [5.41, 5.74) is 3.36. The van der Waals surface area contributed by atoms with E-state index < -0.39 is 0 Å². The fraction of sp³-hybridized carbons (Fsp3) is 0.400. The zero-order valence-corrected chi connectivity index (χ0v) is 15.5. The Bertz CT molecular complexity index is 917. The topological polar surface area (TPSA) is 55.2 Å². The van der Waals surface area contributed by atoms with E-state index in [0.29, 0.717) is 33.7 Å². The summed E-state index contributed by atoms with van der Waals surface area (Å²) >= 11 is 12.6. The minimum Gasteiger partial charge on any atom is -0.378 e. The number of rotatable bonds is 2. The number of nitrogens with one attached hydrogen (secondary N) is 1. The van der Waals surface area contributed by atoms with Gasteiger partial charge in [0.15, 0.2) is 0 Å². The third kappa shape index (κ3) is 2.35. The summed E-state index contributed by atoms with van der Waals surface area (Å²) in [6.45, 7) is 0. The Kier molecular flexibility index (Phi) is 3.70. The normalized spacial score (nSPS) is 31.2. The monoisotopic (exact) mass is 388 g/mol. The molecule has 0 amide bonds. The molecule has 0 saturated heterocycles. The van der Waals surface area contributed by atoms with Crippen molar-refractivity contribution in [1.29, 1.82) is 0 Å². The van der Waals surface area contributed by atoms with Gasteiger partial charge in [-0.2, -0.15) is 0 Å². The predicted octanol–water partition coefficient (Wildman–Crippen LogP) is 6.20. The lowest BCUT2D eigenvalue weighted by Gasteiger charge is -2.43. The van der Waals surface area contributed by atoms with Crippen molar-refractivity contribution in [2.75, 3.05) is 5.32 Å². The lowest BCUT2D eigenvalue weighted by Crippen LogP contribution is -2.35. The highest BCUT2D eigenvalue weighted by Gasteiger charge is 2.54. The van der Waals surface area contributed by atoms with Crippen LogP contribution in [0.15, 0.2) is 36.4 Å². The van der Waals surface area contributed by atoms with E-state index in [2.05, 4.69) is 5.32 Å². The van der Waals surface area contributed by atoms with E-state index >= 15 is 0 Å². The van der Waals surface area contributed by atoms with Crippen molar-refractivity contribution < 1.29 is 4.92 Å². The molecule has 5 atom stereocenters. The van der Waals surface area contributed by atoms with Crippen LogP contribution in [0.5, 0.6) is 0 Å². The second-order valence-corrected chi connectivity index (χ2v) is 8.60. The lowest BCUT2D eigenvalue weighted by atomic mass is 9.68. The molecule has 5 rings (SSSR count). The van der Waals surface area contributed by atoms with E-state index in [1.165, 1.54) is 19.3 Å². The maximum atomic E-state index is 11.3. The van der Waals surface area contributed by atoms with Gasteiger partial charge in [-0.15, -0.1) is 0 Å². The number of anilines is 1. The van der Waals surface area contributed by atoms with Crippen LogP contribution in [0.4, 0.5) is 11.4 Å². The van der Waals surface area contributed by atoms with Gasteiger partial charge in [0.05, 0.1) is 11.0 Å². The van der Waals surface area contributed by atoms with Crippen molar-refractivity contribution in [3.63, 3.8) is 0 Å². The summed E-state index contributed by atoms with van der Waals surface area (Å²) in [5.74, 6) is 2.03. The van der Waals surface area contributed by atoms with E-state index in [0.717, 1.165) is 16.8 Å². The number of non-ortho nitro benzene ring substituents is 1. The average molecular weight is 389 g/mol. The molecule has 134 valence electrons. The second kappa shape index (κ2) is 5.86. The van der Waals surface area contributed by atoms with Crippen molar-refractivity contribution >= 4 is 34.6 Å². The summed E-state index contributed by atoms with van der Waals surface area (Å²) in [4.78, 5) is 11.0. The molecular weight excluding hydrogens is 371 g/mol. The molecule has 1 heterocycles. The standard InChI is InChI=1S/C20H18Cl2N2O2/c21-12-3-5-14(16(22)8-12)20-19-11-2-1-10(7-11)18(19)15-9-13(24(25)26)4-6-17(15)23-20/h3-6,8-11,18-20,23H,1-2,7H2/t10-,11+,18-,19+,20-/m1/s1. The van der Waals surface area contributed by atoms with Gasteiger partial charge in [0.25, 0.3) is 5.69 Å². The van der Waals surface area contributed by atoms with E-state index in [1.54, 1.807) is 18.2 Å². The molecule has 4 nitrogen and oxygen atoms in total. The quantitative estimate of drug-likeness (QED) is 0.492. The Balaban J connectivity index is 1.64. The molecule has 1 N–H and O–H groups in total. The Morgan fingerprint density at radius 3 is 2.62 bits per heavy atom. The molecular formula is C20H18Cl2N2O2. The summed E-state index contributed by atoms with van der Waals surface area (Å²) in [6.07, 6.45) is 3.66. The van der Waals surface area contributed by atoms with Gasteiger partial charge in [-0.05, 0) is 72.3 Å². The molecule has 0 unspecified atom stereocenters. The molecule has 0 radical (unpaired) electrons. The maximum absolute atomic E-state index is 11.3. The molecule has 6 heteroatoms. The first-order valence-electron chi connectivity index (χ1n) is 9.03. The molecule has 26 heavy (non-hydrogen) atoms. The van der Waals surface area contributed by atoms with Crippen LogP contribution < -0.4 is 5.32 Å². The van der Waals surface area contributed by atoms with Crippen LogP contribution in [0, 0.1) is 27.9 Å². The largest absolute Gasteiger partial charge is 0.378 e. The van der Waals surface area contributed by atoms with Crippen molar-refractivity contribution in [3.05, 3.63) is 67.7 Å². The van der Waals surface area contributed by atoms with Gasteiger partial charge in [0, 0.05) is 27.9 Å². The highest BCUT2D eigenvalue weighted by molar-refractivity contribution is 6.35. The van der Waals surface area contributed by atoms with Gasteiger partial charge in [-0.25, -0.2) is 0 Å². The van der Waals surface area contributed by atoms with Gasteiger partial charge >= 0.3 is 0 Å². The molecule has 0 aromatic heterocycles. The smallest absolute Gasteiger partial charge is 0.269 e. The van der Waals surface area contributed by atoms with E-state index in [4.69, 9.17) is 23.2 Å². The lowest BCUT2D eigenvalue weighted by molar-refractivity contribution is -0.384. The third-order valence-electron chi connectivity index (χ3n) is 6.58. The highest BCUT2D eigenvalue weighted by atomic mass is 35.5. The van der Waals surface area contributed by atoms with Crippen LogP contribution in [-0.2, 0) is 0 Å². The van der Waals surface area contributed by atoms with Crippen LogP contribution in [-0.4, -0.2) is 4.92 Å². The minimum atomic E-state index is -0.301. The number of nitro groups is 1. The zero-order valence-electron chi connectivity index (χ0n) is 14.0. The van der Waals surface area contributed by atoms with Gasteiger partial charge < -0.3 is 5.32 Å². The number of benzene rings is 2. The Labute approximate surface area is 161 Å². The summed E-state index contributed by atoms with van der Waals surface area (Å²) in [6, 6.07) is 11.0. The molecule has 2 fully saturated rings. The van der Waals surface area contributed by atoms with Gasteiger partial charge in [-0.1, -0.05) is 29.3 Å². The van der Waals surface area contributed by atoms with E-state index in [9.17, 15) is 10.1 Å². The van der Waals surface area contributed by atoms with Crippen LogP contribution in [0.2, 0.25) is 10.0 Å². The first-order valence-corrected chi connectivity index (χ1v) is 9.78. The third-order valence-corrected chi connectivity index (χ3v) is 7.14. The molecule has 2 bridgehead atoms. The van der Waals surface area contributed by atoms with Gasteiger partial charge in [0.1, 0.15) is 0 Å². The molecule has 2 aromatic rings. The first-order chi connectivity index (χ1) is 12.5. The summed E-state index contributed by atoms with van der Waals surface area (Å²) < 4.78 is 0. The zero-order chi connectivity index (χ0) is 18.0. The van der Waals surface area contributed by atoms with Crippen LogP contribution in [0.1, 0.15) is 42.3 Å². The van der Waals surface area contributed by atoms with Crippen molar-refractivity contribution in [2.24, 2.45) is 17.8 Å². The average Bonchev–Trinajstić information content (AvgIpc) is 3.23. The summed E-state index contributed by atoms with van der Waals surface area (Å²) in [5, 5.41) is 16.2. The number of nitro benzene ring substituents is 1. The molecule has 2 aromatic carbocycles. The number of halogens is 2. The van der Waals surface area contributed by atoms with Crippen molar-refractivity contribution in [2.45, 2.75) is 31.2 Å². The molecule has 3 aliphatic rings. The van der Waals surface area contributed by atoms with Gasteiger partial charge in [-0.3, -0.25) is 10.1 Å². The van der Waals surface area contributed by atoms with Crippen molar-refractivity contribution in [3.8, 4) is 0 Å². The second-order valence-electron chi connectivity index (χ2n) is 7.75. The SMILES string of the molecule is O=[N+]([O-])c1ccc2c(c1)[C@H]1[C@@H]3CC[C@@H](C3)[C@@H]1[C@@H](c1ccc(Cl)cc1Cl)N2. The van der Waals surface area contributed by atoms with Crippen LogP contribution in [0.3, 0.4) is 0 Å². The number of nitrogens with zero attached hydrogens (tertiary/aromatic N) is 1. The van der Waals surface area contributed by atoms with Gasteiger partial charge in [0.2, 0.25) is 0 Å². The fourth-order valence-corrected chi connectivity index (χ4v) is 6.18. The Hall–Kier alpha value is -1.78. The summed E-state index contributed by atoms with van der Waals surface area (Å²) in [7, 11) is 0. The van der Waals surface area contributed by atoms with E-state index in [1.807, 2.05) is 18.2 Å². The van der Waals surface area contributed by atoms with Crippen LogP contribution >= 0.6 is 23.2 Å². The Morgan fingerprint density at radius 1 is 1.04 bits per heavy atom. The number of hydrogen-bond acceptors (Lipinski definition) is 3. The first kappa shape index (κ1) is 16.4. The Morgan fingerprint density at radius 2 is 1.85 bits per heavy atom. The molecule has 0 spiro atoms. The number of hydrogen-bond donors (Lipinski definition) is 1. The number of fused-ring (bicyclic) bond motifs is 7. The van der Waals surface area contributed by atoms with E-state index in [-0.39, 0.29) is 16.7 Å². The maximum Gasteiger partial charge on any atom is 0.269 e. The predicted molar refractivity (Wildman–Crippen MR) is 103 cm³/mol. The van der Waals surface area contributed by atoms with Crippen molar-refractivity contribution in [1.82, 2.24) is 0 Å². The minimum absolute atomic E-state index is 0.119. The molecule has 1 aliphatic heterocycles. The van der Waals surface area contributed by atoms with Crippen LogP contribution in [0.25, 0.3) is 0 Å². The fourth-order valence-electron chi connectivity index (χ4n) is 5.65. The molecule has 2 aliphatic carbocycles. The highest BCUT2D eigenvalue weighted by Crippen LogP contribution is 2.64.